The number of nitrogens with one attached hydrogen (secondary N) is 1. The summed E-state index contributed by atoms with van der Waals surface area (Å²) in [7, 11) is 0. The number of H-pyrrole nitrogens is 1. The predicted molar refractivity (Wildman–Crippen MR) is 65.9 cm³/mol. The Bertz CT molecular complexity index is 559. The number of halogens is 2. The Balaban J connectivity index is 2.42. The molecule has 1 saturated heterocycles. The third kappa shape index (κ3) is 2.22. The molecule has 3 N–H and O–H groups in total. The van der Waals surface area contributed by atoms with Crippen LogP contribution in [-0.4, -0.2) is 44.8 Å². The van der Waals surface area contributed by atoms with Gasteiger partial charge in [-0.2, -0.15) is 0 Å². The van der Waals surface area contributed by atoms with Crippen LogP contribution in [0.5, 0.6) is 0 Å². The highest BCUT2D eigenvalue weighted by Gasteiger charge is 2.45. The summed E-state index contributed by atoms with van der Waals surface area (Å²) >= 11 is 1.69. The molecular formula is C9H10FIN2O5. The molecule has 9 heteroatoms. The number of aliphatic hydroxyl groups excluding tert-OH is 2. The molecule has 1 fully saturated rings. The average Bonchev–Trinajstić information content (AvgIpc) is 2.61. The van der Waals surface area contributed by atoms with Crippen molar-refractivity contribution >= 4 is 22.6 Å². The van der Waals surface area contributed by atoms with E-state index in [0.717, 1.165) is 10.8 Å². The summed E-state index contributed by atoms with van der Waals surface area (Å²) in [5.41, 5.74) is -1.41. The molecule has 0 unspecified atom stereocenters. The van der Waals surface area contributed by atoms with Gasteiger partial charge < -0.3 is 14.9 Å². The molecule has 0 bridgehead atoms. The largest absolute Gasteiger partial charge is 0.394 e. The second kappa shape index (κ2) is 5.07. The third-order valence-corrected chi connectivity index (χ3v) is 3.44. The van der Waals surface area contributed by atoms with Crippen LogP contribution in [0.15, 0.2) is 15.8 Å². The molecule has 2 rings (SSSR count). The van der Waals surface area contributed by atoms with Gasteiger partial charge >= 0.3 is 5.69 Å². The smallest absolute Gasteiger partial charge is 0.330 e. The second-order valence-electron chi connectivity index (χ2n) is 3.83. The zero-order valence-corrected chi connectivity index (χ0v) is 11.1. The highest BCUT2D eigenvalue weighted by Crippen LogP contribution is 2.30. The number of hydrogen-bond donors (Lipinski definition) is 3. The van der Waals surface area contributed by atoms with Gasteiger partial charge in [0.25, 0.3) is 5.56 Å². The monoisotopic (exact) mass is 374 g/mol. The van der Waals surface area contributed by atoms with Crippen LogP contribution >= 0.6 is 22.6 Å². The van der Waals surface area contributed by atoms with Crippen molar-refractivity contribution in [2.24, 2.45) is 0 Å². The first-order valence-corrected chi connectivity index (χ1v) is 6.13. The maximum absolute atomic E-state index is 13.8. The molecule has 1 aliphatic heterocycles. The summed E-state index contributed by atoms with van der Waals surface area (Å²) in [6, 6.07) is 0. The molecule has 1 aliphatic rings. The van der Waals surface area contributed by atoms with Crippen molar-refractivity contribution in [3.8, 4) is 0 Å². The highest BCUT2D eigenvalue weighted by molar-refractivity contribution is 14.1. The SMILES string of the molecule is O=c1[nH][14c](=O)n([C@@H]2O[C@H](CO)[C@@H](O)[C@@H]2F)cc1I. The summed E-state index contributed by atoms with van der Waals surface area (Å²) in [5.74, 6) is 0. The molecule has 4 atom stereocenters. The van der Waals surface area contributed by atoms with Gasteiger partial charge in [-0.05, 0) is 22.6 Å². The second-order valence-corrected chi connectivity index (χ2v) is 4.99. The first-order chi connectivity index (χ1) is 8.45. The van der Waals surface area contributed by atoms with Gasteiger partial charge in [-0.15, -0.1) is 0 Å². The molecule has 0 aliphatic carbocycles. The molecule has 2 heterocycles. The number of ether oxygens (including phenoxy) is 1. The Morgan fingerprint density at radius 3 is 2.89 bits per heavy atom. The Morgan fingerprint density at radius 2 is 2.33 bits per heavy atom. The van der Waals surface area contributed by atoms with E-state index in [0.29, 0.717) is 0 Å². The topological polar surface area (TPSA) is 105 Å². The minimum atomic E-state index is -1.86. The maximum atomic E-state index is 13.8. The third-order valence-electron chi connectivity index (χ3n) is 2.67. The number of nitrogens with zero attached hydrogens (tertiary/aromatic N) is 1. The Labute approximate surface area is 113 Å². The van der Waals surface area contributed by atoms with Crippen LogP contribution in [0.3, 0.4) is 0 Å². The molecular weight excluding hydrogens is 364 g/mol. The lowest BCUT2D eigenvalue weighted by Crippen LogP contribution is -2.37. The number of aromatic nitrogens is 2. The quantitative estimate of drug-likeness (QED) is 0.560. The summed E-state index contributed by atoms with van der Waals surface area (Å²) in [6.07, 6.45) is -4.69. The zero-order valence-electron chi connectivity index (χ0n) is 8.92. The summed E-state index contributed by atoms with van der Waals surface area (Å²) in [4.78, 5) is 24.7. The van der Waals surface area contributed by atoms with Crippen LogP contribution in [0, 0.1) is 3.57 Å². The van der Waals surface area contributed by atoms with Crippen LogP contribution < -0.4 is 11.2 Å². The van der Waals surface area contributed by atoms with Crippen molar-refractivity contribution in [3.05, 3.63) is 30.6 Å². The molecule has 0 aromatic carbocycles. The van der Waals surface area contributed by atoms with Crippen molar-refractivity contribution in [1.29, 1.82) is 0 Å². The average molecular weight is 374 g/mol. The van der Waals surface area contributed by atoms with Crippen molar-refractivity contribution < 1.29 is 19.3 Å². The summed E-state index contributed by atoms with van der Waals surface area (Å²) < 4.78 is 19.9. The molecule has 0 radical (unpaired) electrons. The van der Waals surface area contributed by atoms with E-state index in [9.17, 15) is 19.1 Å². The van der Waals surface area contributed by atoms with Crippen LogP contribution in [-0.2, 0) is 4.74 Å². The summed E-state index contributed by atoms with van der Waals surface area (Å²) in [5, 5.41) is 18.3. The van der Waals surface area contributed by atoms with Crippen molar-refractivity contribution in [2.75, 3.05) is 6.61 Å². The van der Waals surface area contributed by atoms with Crippen LogP contribution in [0.25, 0.3) is 0 Å². The van der Waals surface area contributed by atoms with E-state index in [1.807, 2.05) is 4.98 Å². The van der Waals surface area contributed by atoms with Gasteiger partial charge in [0.15, 0.2) is 12.4 Å². The van der Waals surface area contributed by atoms with Crippen LogP contribution in [0.1, 0.15) is 6.23 Å². The zero-order chi connectivity index (χ0) is 13.4. The van der Waals surface area contributed by atoms with Gasteiger partial charge in [0.2, 0.25) is 0 Å². The molecule has 100 valence electrons. The van der Waals surface area contributed by atoms with Gasteiger partial charge in [0.1, 0.15) is 12.2 Å². The lowest BCUT2D eigenvalue weighted by Gasteiger charge is -2.15. The fraction of sp³-hybridized carbons (Fsp3) is 0.556. The highest BCUT2D eigenvalue weighted by atomic mass is 127. The fourth-order valence-electron chi connectivity index (χ4n) is 1.73. The van der Waals surface area contributed by atoms with Crippen molar-refractivity contribution in [1.82, 2.24) is 9.55 Å². The normalized spacial score (nSPS) is 31.8. The minimum absolute atomic E-state index is 0.185. The number of alkyl halides is 1. The molecule has 1 aromatic heterocycles. The van der Waals surface area contributed by atoms with Crippen molar-refractivity contribution in [3.63, 3.8) is 0 Å². The van der Waals surface area contributed by atoms with Gasteiger partial charge in [-0.25, -0.2) is 9.18 Å². The fourth-order valence-corrected chi connectivity index (χ4v) is 2.16. The van der Waals surface area contributed by atoms with E-state index in [1.54, 1.807) is 22.6 Å². The van der Waals surface area contributed by atoms with Gasteiger partial charge in [-0.1, -0.05) is 0 Å². The maximum Gasteiger partial charge on any atom is 0.330 e. The van der Waals surface area contributed by atoms with E-state index < -0.39 is 42.5 Å². The van der Waals surface area contributed by atoms with Crippen LogP contribution in [0.2, 0.25) is 0 Å². The Morgan fingerprint density at radius 1 is 1.67 bits per heavy atom. The summed E-state index contributed by atoms with van der Waals surface area (Å²) in [6.45, 7) is -0.562. The Kier molecular flexibility index (Phi) is 3.84. The van der Waals surface area contributed by atoms with Crippen molar-refractivity contribution in [2.45, 2.75) is 24.6 Å². The van der Waals surface area contributed by atoms with E-state index in [4.69, 9.17) is 9.84 Å². The number of hydrogen-bond acceptors (Lipinski definition) is 5. The first kappa shape index (κ1) is 13.6. The molecule has 0 amide bonds. The van der Waals surface area contributed by atoms with E-state index >= 15 is 0 Å². The molecule has 18 heavy (non-hydrogen) atoms. The first-order valence-electron chi connectivity index (χ1n) is 5.05. The minimum Gasteiger partial charge on any atom is -0.394 e. The standard InChI is InChI=1S/C9H10FIN2O5/c10-5-6(15)4(2-14)18-8(5)13-1-3(11)7(16)12-9(13)17/h1,4-6,8,14-15H,2H2,(H,12,16,17)/t4-,5+,6-,8-/m1/s1/i9+2. The van der Waals surface area contributed by atoms with Gasteiger partial charge in [0.05, 0.1) is 10.2 Å². The van der Waals surface area contributed by atoms with E-state index in [-0.39, 0.29) is 3.57 Å². The number of rotatable bonds is 2. The molecule has 0 saturated carbocycles. The van der Waals surface area contributed by atoms with Gasteiger partial charge in [-0.3, -0.25) is 14.3 Å². The number of aromatic amines is 1. The molecule has 0 spiro atoms. The molecule has 7 nitrogen and oxygen atoms in total. The predicted octanol–water partition coefficient (Wildman–Crippen LogP) is -1.27. The van der Waals surface area contributed by atoms with Crippen LogP contribution in [0.4, 0.5) is 4.39 Å². The van der Waals surface area contributed by atoms with E-state index in [1.165, 1.54) is 0 Å². The molecule has 1 aromatic rings. The van der Waals surface area contributed by atoms with E-state index in [2.05, 4.69) is 0 Å². The Hall–Kier alpha value is -0.780. The number of aliphatic hydroxyl groups is 2. The lowest BCUT2D eigenvalue weighted by atomic mass is 10.1. The van der Waals surface area contributed by atoms with Gasteiger partial charge in [0, 0.05) is 6.20 Å². The lowest BCUT2D eigenvalue weighted by molar-refractivity contribution is -0.0492.